The van der Waals surface area contributed by atoms with Crippen LogP contribution in [-0.4, -0.2) is 46.7 Å². The van der Waals surface area contributed by atoms with Crippen LogP contribution in [0.2, 0.25) is 0 Å². The molecule has 1 amide bonds. The summed E-state index contributed by atoms with van der Waals surface area (Å²) in [5.41, 5.74) is 5.05. The lowest BCUT2D eigenvalue weighted by Crippen LogP contribution is -2.37. The molecule has 0 radical (unpaired) electrons. The number of rotatable bonds is 4. The van der Waals surface area contributed by atoms with Gasteiger partial charge >= 0.3 is 0 Å². The van der Waals surface area contributed by atoms with Crippen molar-refractivity contribution in [1.82, 2.24) is 9.47 Å². The molecule has 0 spiro atoms. The van der Waals surface area contributed by atoms with Gasteiger partial charge in [0.05, 0.1) is 30.6 Å². The molecule has 0 bridgehead atoms. The number of para-hydroxylation sites is 3. The number of carbonyl (C=O) groups is 1. The fourth-order valence-corrected chi connectivity index (χ4v) is 6.18. The first-order valence-electron chi connectivity index (χ1n) is 11.3. The van der Waals surface area contributed by atoms with Gasteiger partial charge in [0.25, 0.3) is 5.91 Å². The first kappa shape index (κ1) is 20.4. The van der Waals surface area contributed by atoms with Crippen LogP contribution in [0.25, 0.3) is 10.9 Å². The molecule has 1 aromatic heterocycles. The van der Waals surface area contributed by atoms with E-state index in [1.165, 1.54) is 9.79 Å². The molecule has 166 valence electrons. The number of aliphatic hydroxyl groups excluding tert-OH is 1. The SMILES string of the molecule is CN1CCc2c(n(CC(O)CN3c4ccccc4Sc4ccccc43)c3ccccc23)C1=O. The number of benzene rings is 3. The molecule has 2 aliphatic rings. The Hall–Kier alpha value is -3.22. The topological polar surface area (TPSA) is 48.7 Å². The summed E-state index contributed by atoms with van der Waals surface area (Å²) in [5.74, 6) is 0.0321. The second kappa shape index (κ2) is 7.97. The molecule has 4 aromatic rings. The highest BCUT2D eigenvalue weighted by atomic mass is 32.2. The number of hydrogen-bond donors (Lipinski definition) is 1. The number of aromatic nitrogens is 1. The Morgan fingerprint density at radius 1 is 0.909 bits per heavy atom. The van der Waals surface area contributed by atoms with E-state index >= 15 is 0 Å². The van der Waals surface area contributed by atoms with Gasteiger partial charge in [-0.05, 0) is 42.3 Å². The summed E-state index contributed by atoms with van der Waals surface area (Å²) in [4.78, 5) is 19.5. The second-order valence-corrected chi connectivity index (χ2v) is 9.82. The van der Waals surface area contributed by atoms with E-state index in [9.17, 15) is 9.90 Å². The van der Waals surface area contributed by atoms with Crippen molar-refractivity contribution in [3.05, 3.63) is 84.1 Å². The lowest BCUT2D eigenvalue weighted by atomic mass is 10.0. The maximum Gasteiger partial charge on any atom is 0.270 e. The summed E-state index contributed by atoms with van der Waals surface area (Å²) in [7, 11) is 1.85. The van der Waals surface area contributed by atoms with Crippen LogP contribution in [0.5, 0.6) is 0 Å². The molecule has 6 heteroatoms. The van der Waals surface area contributed by atoms with E-state index in [4.69, 9.17) is 0 Å². The first-order valence-corrected chi connectivity index (χ1v) is 12.1. The van der Waals surface area contributed by atoms with Crippen molar-refractivity contribution < 1.29 is 9.90 Å². The molecule has 1 unspecified atom stereocenters. The van der Waals surface area contributed by atoms with Gasteiger partial charge in [-0.1, -0.05) is 54.2 Å². The van der Waals surface area contributed by atoms with Gasteiger partial charge in [0.15, 0.2) is 0 Å². The van der Waals surface area contributed by atoms with Crippen molar-refractivity contribution in [1.29, 1.82) is 0 Å². The molecule has 0 fully saturated rings. The zero-order valence-electron chi connectivity index (χ0n) is 18.4. The number of carbonyl (C=O) groups excluding carboxylic acids is 1. The van der Waals surface area contributed by atoms with Crippen molar-refractivity contribution >= 4 is 39.9 Å². The van der Waals surface area contributed by atoms with Gasteiger partial charge in [-0.25, -0.2) is 0 Å². The number of anilines is 2. The molecule has 5 nitrogen and oxygen atoms in total. The fraction of sp³-hybridized carbons (Fsp3) is 0.222. The lowest BCUT2D eigenvalue weighted by Gasteiger charge is -2.34. The minimum atomic E-state index is -0.658. The van der Waals surface area contributed by atoms with Gasteiger partial charge in [0, 0.05) is 34.3 Å². The van der Waals surface area contributed by atoms with Crippen LogP contribution in [0.15, 0.2) is 82.6 Å². The number of likely N-dealkylation sites (N-methyl/N-ethyl adjacent to an activating group) is 1. The molecule has 0 saturated heterocycles. The monoisotopic (exact) mass is 455 g/mol. The summed E-state index contributed by atoms with van der Waals surface area (Å²) in [5, 5.41) is 12.5. The third-order valence-corrected chi connectivity index (χ3v) is 7.77. The van der Waals surface area contributed by atoms with Crippen LogP contribution >= 0.6 is 11.8 Å². The predicted octanol–water partition coefficient (Wildman–Crippen LogP) is 4.93. The van der Waals surface area contributed by atoms with E-state index in [1.807, 2.05) is 35.9 Å². The van der Waals surface area contributed by atoms with Crippen molar-refractivity contribution in [3.8, 4) is 0 Å². The second-order valence-electron chi connectivity index (χ2n) is 8.73. The van der Waals surface area contributed by atoms with Gasteiger partial charge in [0.2, 0.25) is 0 Å². The average molecular weight is 456 g/mol. The summed E-state index contributed by atoms with van der Waals surface area (Å²) < 4.78 is 2.03. The molecule has 0 aliphatic carbocycles. The lowest BCUT2D eigenvalue weighted by molar-refractivity contribution is 0.0765. The van der Waals surface area contributed by atoms with Gasteiger partial charge < -0.3 is 19.5 Å². The van der Waals surface area contributed by atoms with E-state index in [0.29, 0.717) is 13.1 Å². The van der Waals surface area contributed by atoms with Gasteiger partial charge in [-0.2, -0.15) is 0 Å². The molecule has 1 N–H and O–H groups in total. The summed E-state index contributed by atoms with van der Waals surface area (Å²) in [6.45, 7) is 1.53. The molecule has 33 heavy (non-hydrogen) atoms. The van der Waals surface area contributed by atoms with Crippen LogP contribution in [0.1, 0.15) is 16.1 Å². The Labute approximate surface area is 197 Å². The Morgan fingerprint density at radius 3 is 2.27 bits per heavy atom. The van der Waals surface area contributed by atoms with E-state index in [1.54, 1.807) is 16.7 Å². The first-order chi connectivity index (χ1) is 16.1. The Kier molecular flexibility index (Phi) is 4.93. The maximum absolute atomic E-state index is 13.1. The normalized spacial score (nSPS) is 15.9. The van der Waals surface area contributed by atoms with Crippen LogP contribution < -0.4 is 4.90 Å². The number of β-amino-alcohol motifs (C(OH)–C–C–N with tert-alkyl or cyclic N) is 1. The van der Waals surface area contributed by atoms with Crippen molar-refractivity contribution in [2.24, 2.45) is 0 Å². The number of amides is 1. The van der Waals surface area contributed by atoms with E-state index in [2.05, 4.69) is 53.4 Å². The highest BCUT2D eigenvalue weighted by molar-refractivity contribution is 7.99. The quantitative estimate of drug-likeness (QED) is 0.474. The fourth-order valence-electron chi connectivity index (χ4n) is 5.08. The molecule has 2 aliphatic heterocycles. The van der Waals surface area contributed by atoms with Crippen LogP contribution in [0.3, 0.4) is 0 Å². The smallest absolute Gasteiger partial charge is 0.270 e. The number of nitrogens with zero attached hydrogens (tertiary/aromatic N) is 3. The van der Waals surface area contributed by atoms with Crippen molar-refractivity contribution in [2.45, 2.75) is 28.9 Å². The Balaban J connectivity index is 1.37. The summed E-state index contributed by atoms with van der Waals surface area (Å²) >= 11 is 1.76. The summed E-state index contributed by atoms with van der Waals surface area (Å²) in [6, 6.07) is 24.8. The van der Waals surface area contributed by atoms with Crippen molar-refractivity contribution in [2.75, 3.05) is 25.0 Å². The van der Waals surface area contributed by atoms with E-state index < -0.39 is 6.10 Å². The number of fused-ring (bicyclic) bond motifs is 5. The van der Waals surface area contributed by atoms with Gasteiger partial charge in [-0.15, -0.1) is 0 Å². The highest BCUT2D eigenvalue weighted by Gasteiger charge is 2.31. The van der Waals surface area contributed by atoms with Gasteiger partial charge in [0.1, 0.15) is 5.69 Å². The predicted molar refractivity (Wildman–Crippen MR) is 133 cm³/mol. The van der Waals surface area contributed by atoms with Crippen LogP contribution in [0.4, 0.5) is 11.4 Å². The summed E-state index contributed by atoms with van der Waals surface area (Å²) in [6.07, 6.45) is 0.180. The van der Waals surface area contributed by atoms with Gasteiger partial charge in [-0.3, -0.25) is 4.79 Å². The molecule has 0 saturated carbocycles. The minimum absolute atomic E-state index is 0.0321. The van der Waals surface area contributed by atoms with E-state index in [-0.39, 0.29) is 5.91 Å². The molecule has 6 rings (SSSR count). The molecular formula is C27H25N3O2S. The Bertz CT molecular complexity index is 1330. The third kappa shape index (κ3) is 3.33. The zero-order valence-corrected chi connectivity index (χ0v) is 19.3. The largest absolute Gasteiger partial charge is 0.389 e. The molecule has 1 atom stereocenters. The van der Waals surface area contributed by atoms with Crippen molar-refractivity contribution in [3.63, 3.8) is 0 Å². The molecule has 3 heterocycles. The average Bonchev–Trinajstić information content (AvgIpc) is 3.15. The Morgan fingerprint density at radius 2 is 1.55 bits per heavy atom. The standard InChI is InChI=1S/C27H25N3O2S/c1-28-15-14-20-19-8-2-3-9-21(19)30(26(20)27(28)32)17-18(31)16-29-22-10-4-6-12-24(22)33-25-13-7-5-11-23(25)29/h2-13,18,31H,14-17H2,1H3. The number of hydrogen-bond acceptors (Lipinski definition) is 4. The zero-order chi connectivity index (χ0) is 22.5. The van der Waals surface area contributed by atoms with Crippen LogP contribution in [0, 0.1) is 0 Å². The highest BCUT2D eigenvalue weighted by Crippen LogP contribution is 2.47. The minimum Gasteiger partial charge on any atom is -0.389 e. The maximum atomic E-state index is 13.1. The molecule has 3 aromatic carbocycles. The number of aliphatic hydroxyl groups is 1. The van der Waals surface area contributed by atoms with E-state index in [0.717, 1.165) is 46.5 Å². The third-order valence-electron chi connectivity index (χ3n) is 6.64. The molecular weight excluding hydrogens is 430 g/mol. The van der Waals surface area contributed by atoms with Crippen LogP contribution in [-0.2, 0) is 13.0 Å².